The van der Waals surface area contributed by atoms with Crippen LogP contribution in [0.15, 0.2) is 24.4 Å². The summed E-state index contributed by atoms with van der Waals surface area (Å²) in [5, 5.41) is 21.8. The lowest BCUT2D eigenvalue weighted by atomic mass is 10.0. The van der Waals surface area contributed by atoms with E-state index in [1.807, 2.05) is 18.2 Å². The van der Waals surface area contributed by atoms with Crippen molar-refractivity contribution in [2.45, 2.75) is 19.4 Å². The minimum Gasteiger partial charge on any atom is -0.404 e. The molecule has 1 aromatic carbocycles. The summed E-state index contributed by atoms with van der Waals surface area (Å²) in [6.07, 6.45) is 5.15. The summed E-state index contributed by atoms with van der Waals surface area (Å²) >= 11 is 0. The van der Waals surface area contributed by atoms with Gasteiger partial charge in [0.05, 0.1) is 0 Å². The van der Waals surface area contributed by atoms with Crippen molar-refractivity contribution in [3.63, 3.8) is 0 Å². The summed E-state index contributed by atoms with van der Waals surface area (Å²) in [6.45, 7) is 4.15. The molecule has 1 saturated heterocycles. The zero-order chi connectivity index (χ0) is 15.2. The molecule has 6 N–H and O–H groups in total. The van der Waals surface area contributed by atoms with Gasteiger partial charge in [-0.25, -0.2) is 0 Å². The maximum atomic E-state index is 7.57. The SMILES string of the molecule is C[C@H]1CC(CNc2ccc(/C(C=N)=C/N)cc2C=N)CN1. The van der Waals surface area contributed by atoms with Crippen LogP contribution in [0.2, 0.25) is 0 Å². The van der Waals surface area contributed by atoms with E-state index in [1.165, 1.54) is 25.0 Å². The van der Waals surface area contributed by atoms with Crippen LogP contribution in [0.4, 0.5) is 5.69 Å². The molecule has 0 saturated carbocycles. The molecular formula is C16H23N5. The van der Waals surface area contributed by atoms with Gasteiger partial charge < -0.3 is 27.2 Å². The Bertz CT molecular complexity index is 550. The lowest BCUT2D eigenvalue weighted by Gasteiger charge is -2.14. The third-order valence-electron chi connectivity index (χ3n) is 3.90. The molecule has 0 aliphatic carbocycles. The molecule has 21 heavy (non-hydrogen) atoms. The predicted octanol–water partition coefficient (Wildman–Crippen LogP) is 2.04. The van der Waals surface area contributed by atoms with Gasteiger partial charge in [0.25, 0.3) is 0 Å². The van der Waals surface area contributed by atoms with Crippen LogP contribution in [0, 0.1) is 16.7 Å². The van der Waals surface area contributed by atoms with Crippen molar-refractivity contribution in [2.75, 3.05) is 18.4 Å². The summed E-state index contributed by atoms with van der Waals surface area (Å²) in [4.78, 5) is 0. The van der Waals surface area contributed by atoms with Crippen LogP contribution in [0.5, 0.6) is 0 Å². The molecular weight excluding hydrogens is 262 g/mol. The number of hydrogen-bond acceptors (Lipinski definition) is 5. The van der Waals surface area contributed by atoms with E-state index in [1.54, 1.807) is 0 Å². The highest BCUT2D eigenvalue weighted by Crippen LogP contribution is 2.21. The minimum absolute atomic E-state index is 0.589. The topological polar surface area (TPSA) is 97.8 Å². The molecule has 2 rings (SSSR count). The molecule has 0 spiro atoms. The van der Waals surface area contributed by atoms with Gasteiger partial charge in [-0.05, 0) is 43.5 Å². The van der Waals surface area contributed by atoms with E-state index in [0.29, 0.717) is 17.5 Å². The molecule has 112 valence electrons. The summed E-state index contributed by atoms with van der Waals surface area (Å²) in [6, 6.07) is 6.35. The van der Waals surface area contributed by atoms with Gasteiger partial charge in [0.2, 0.25) is 0 Å². The van der Waals surface area contributed by atoms with Crippen molar-refractivity contribution >= 4 is 23.7 Å². The highest BCUT2D eigenvalue weighted by molar-refractivity contribution is 6.08. The van der Waals surface area contributed by atoms with Gasteiger partial charge in [-0.3, -0.25) is 0 Å². The molecule has 1 aromatic rings. The number of allylic oxidation sites excluding steroid dienone is 1. The maximum absolute atomic E-state index is 7.57. The largest absolute Gasteiger partial charge is 0.404 e. The summed E-state index contributed by atoms with van der Waals surface area (Å²) in [7, 11) is 0. The van der Waals surface area contributed by atoms with Crippen LogP contribution in [0.3, 0.4) is 0 Å². The van der Waals surface area contributed by atoms with Crippen molar-refractivity contribution in [3.8, 4) is 0 Å². The Balaban J connectivity index is 2.09. The molecule has 5 heteroatoms. The third-order valence-corrected chi connectivity index (χ3v) is 3.90. The third kappa shape index (κ3) is 3.70. The predicted molar refractivity (Wildman–Crippen MR) is 89.3 cm³/mol. The lowest BCUT2D eigenvalue weighted by molar-refractivity contribution is 0.596. The fourth-order valence-electron chi connectivity index (χ4n) is 2.69. The zero-order valence-electron chi connectivity index (χ0n) is 12.3. The molecule has 1 aliphatic rings. The van der Waals surface area contributed by atoms with Crippen molar-refractivity contribution in [1.82, 2.24) is 5.32 Å². The average molecular weight is 285 g/mol. The fraction of sp³-hybridized carbons (Fsp3) is 0.375. The van der Waals surface area contributed by atoms with E-state index in [4.69, 9.17) is 16.6 Å². The van der Waals surface area contributed by atoms with Gasteiger partial charge in [0.15, 0.2) is 0 Å². The highest BCUT2D eigenvalue weighted by Gasteiger charge is 2.20. The molecule has 0 radical (unpaired) electrons. The second-order valence-corrected chi connectivity index (χ2v) is 5.50. The monoisotopic (exact) mass is 285 g/mol. The van der Waals surface area contributed by atoms with Gasteiger partial charge in [-0.2, -0.15) is 0 Å². The highest BCUT2D eigenvalue weighted by atomic mass is 15.0. The Morgan fingerprint density at radius 3 is 2.86 bits per heavy atom. The second-order valence-electron chi connectivity index (χ2n) is 5.50. The van der Waals surface area contributed by atoms with Gasteiger partial charge in [0.1, 0.15) is 0 Å². The molecule has 0 aromatic heterocycles. The van der Waals surface area contributed by atoms with Crippen molar-refractivity contribution in [2.24, 2.45) is 11.7 Å². The van der Waals surface area contributed by atoms with Gasteiger partial charge in [-0.15, -0.1) is 0 Å². The number of hydrogen-bond donors (Lipinski definition) is 5. The first-order valence-corrected chi connectivity index (χ1v) is 7.22. The Morgan fingerprint density at radius 2 is 2.29 bits per heavy atom. The number of benzene rings is 1. The number of anilines is 1. The van der Waals surface area contributed by atoms with Crippen LogP contribution in [0.1, 0.15) is 24.5 Å². The van der Waals surface area contributed by atoms with E-state index >= 15 is 0 Å². The Hall–Kier alpha value is -2.14. The number of nitrogens with one attached hydrogen (secondary N) is 4. The second kappa shape index (κ2) is 7.04. The molecule has 0 bridgehead atoms. The first-order chi connectivity index (χ1) is 10.2. The normalized spacial score (nSPS) is 22.0. The van der Waals surface area contributed by atoms with Crippen LogP contribution in [-0.2, 0) is 0 Å². The van der Waals surface area contributed by atoms with Gasteiger partial charge in [0, 0.05) is 48.0 Å². The minimum atomic E-state index is 0.589. The van der Waals surface area contributed by atoms with E-state index < -0.39 is 0 Å². The lowest BCUT2D eigenvalue weighted by Crippen LogP contribution is -2.19. The van der Waals surface area contributed by atoms with Crippen molar-refractivity contribution in [1.29, 1.82) is 10.8 Å². The average Bonchev–Trinajstić information content (AvgIpc) is 2.92. The number of rotatable bonds is 6. The Morgan fingerprint density at radius 1 is 1.48 bits per heavy atom. The summed E-state index contributed by atoms with van der Waals surface area (Å²) in [5.41, 5.74) is 8.78. The maximum Gasteiger partial charge on any atom is 0.0429 e. The molecule has 0 amide bonds. The fourth-order valence-corrected chi connectivity index (χ4v) is 2.69. The van der Waals surface area contributed by atoms with Gasteiger partial charge >= 0.3 is 0 Å². The first kappa shape index (κ1) is 15.3. The van der Waals surface area contributed by atoms with Crippen LogP contribution in [-0.4, -0.2) is 31.6 Å². The first-order valence-electron chi connectivity index (χ1n) is 7.22. The quantitative estimate of drug-likeness (QED) is 0.517. The van der Waals surface area contributed by atoms with Crippen LogP contribution >= 0.6 is 0 Å². The van der Waals surface area contributed by atoms with Gasteiger partial charge in [-0.1, -0.05) is 6.07 Å². The van der Waals surface area contributed by atoms with E-state index in [0.717, 1.165) is 29.9 Å². The summed E-state index contributed by atoms with van der Waals surface area (Å²) in [5.74, 6) is 0.624. The van der Waals surface area contributed by atoms with Crippen LogP contribution < -0.4 is 16.4 Å². The van der Waals surface area contributed by atoms with E-state index in [-0.39, 0.29) is 0 Å². The van der Waals surface area contributed by atoms with E-state index in [2.05, 4.69) is 17.6 Å². The molecule has 5 nitrogen and oxygen atoms in total. The molecule has 1 heterocycles. The van der Waals surface area contributed by atoms with E-state index in [9.17, 15) is 0 Å². The van der Waals surface area contributed by atoms with Crippen molar-refractivity contribution < 1.29 is 0 Å². The van der Waals surface area contributed by atoms with Crippen molar-refractivity contribution in [3.05, 3.63) is 35.5 Å². The molecule has 1 unspecified atom stereocenters. The summed E-state index contributed by atoms with van der Waals surface area (Å²) < 4.78 is 0. The smallest absolute Gasteiger partial charge is 0.0429 e. The molecule has 1 aliphatic heterocycles. The number of nitrogens with two attached hydrogens (primary N) is 1. The Kier molecular flexibility index (Phi) is 5.11. The Labute approximate surface area is 125 Å². The zero-order valence-corrected chi connectivity index (χ0v) is 12.3. The standard InChI is InChI=1S/C16H23N5/c1-11-4-12(9-20-11)10-21-16-3-2-13(5-14(16)6-17)15(7-18)8-19/h2-3,5-8,11-12,17-18,20-21H,4,9-10,19H2,1H3/b15-8+,17-6?,18-7?/t11-,12?/m0/s1. The van der Waals surface area contributed by atoms with Crippen LogP contribution in [0.25, 0.3) is 5.57 Å². The molecule has 1 fully saturated rings. The molecule has 2 atom stereocenters.